The summed E-state index contributed by atoms with van der Waals surface area (Å²) in [5.74, 6) is 1.50. The minimum absolute atomic E-state index is 0.127. The molecule has 2 rings (SSSR count). The maximum Gasteiger partial charge on any atom is 0.220 e. The lowest BCUT2D eigenvalue weighted by Crippen LogP contribution is -2.54. The Morgan fingerprint density at radius 2 is 1.96 bits per heavy atom. The van der Waals surface area contributed by atoms with Gasteiger partial charge in [0, 0.05) is 45.2 Å². The van der Waals surface area contributed by atoms with E-state index in [-0.39, 0.29) is 5.91 Å². The molecule has 1 aliphatic heterocycles. The molecular formula is C20H33N3O2. The van der Waals surface area contributed by atoms with E-state index < -0.39 is 0 Å². The van der Waals surface area contributed by atoms with Gasteiger partial charge >= 0.3 is 0 Å². The van der Waals surface area contributed by atoms with Crippen LogP contribution in [-0.2, 0) is 11.2 Å². The van der Waals surface area contributed by atoms with Gasteiger partial charge < -0.3 is 15.0 Å². The molecule has 1 heterocycles. The second kappa shape index (κ2) is 9.78. The number of amides is 1. The van der Waals surface area contributed by atoms with Gasteiger partial charge in [-0.05, 0) is 37.1 Å². The van der Waals surface area contributed by atoms with Gasteiger partial charge in [0.15, 0.2) is 0 Å². The molecule has 1 saturated heterocycles. The van der Waals surface area contributed by atoms with E-state index >= 15 is 0 Å². The molecule has 1 atom stereocenters. The first-order valence-electron chi connectivity index (χ1n) is 9.32. The Kier molecular flexibility index (Phi) is 7.72. The van der Waals surface area contributed by atoms with Gasteiger partial charge in [-0.15, -0.1) is 0 Å². The number of carbonyl (C=O) groups is 1. The molecule has 1 N–H and O–H groups in total. The zero-order valence-corrected chi connectivity index (χ0v) is 16.1. The summed E-state index contributed by atoms with van der Waals surface area (Å²) in [4.78, 5) is 17.1. The van der Waals surface area contributed by atoms with Gasteiger partial charge in [0.1, 0.15) is 5.75 Å². The number of hydrogen-bond donors (Lipinski definition) is 1. The third-order valence-corrected chi connectivity index (χ3v) is 5.06. The van der Waals surface area contributed by atoms with E-state index in [0.717, 1.165) is 50.5 Å². The standard InChI is InChI=1S/C20H33N3O2/c1-16(2)19(23-12-10-22(3)11-13-23)15-21-20(24)9-8-17-6-5-7-18(14-17)25-4/h5-7,14,16,19H,8-13,15H2,1-4H3,(H,21,24). The summed E-state index contributed by atoms with van der Waals surface area (Å²) in [6.45, 7) is 9.59. The Labute approximate surface area is 152 Å². The maximum absolute atomic E-state index is 12.3. The van der Waals surface area contributed by atoms with Crippen LogP contribution in [0.5, 0.6) is 5.75 Å². The number of carbonyl (C=O) groups excluding carboxylic acids is 1. The molecule has 1 aromatic rings. The number of nitrogens with one attached hydrogen (secondary N) is 1. The smallest absolute Gasteiger partial charge is 0.220 e. The van der Waals surface area contributed by atoms with Crippen LogP contribution >= 0.6 is 0 Å². The number of aryl methyl sites for hydroxylation is 1. The minimum Gasteiger partial charge on any atom is -0.497 e. The van der Waals surface area contributed by atoms with Crippen LogP contribution in [0, 0.1) is 5.92 Å². The SMILES string of the molecule is COc1cccc(CCC(=O)NCC(C(C)C)N2CCN(C)CC2)c1. The minimum atomic E-state index is 0.127. The summed E-state index contributed by atoms with van der Waals surface area (Å²) in [5.41, 5.74) is 1.13. The Balaban J connectivity index is 1.78. The van der Waals surface area contributed by atoms with Crippen LogP contribution in [0.25, 0.3) is 0 Å². The summed E-state index contributed by atoms with van der Waals surface area (Å²) >= 11 is 0. The summed E-state index contributed by atoms with van der Waals surface area (Å²) in [6.07, 6.45) is 1.25. The van der Waals surface area contributed by atoms with Crippen molar-refractivity contribution in [1.82, 2.24) is 15.1 Å². The number of nitrogens with zero attached hydrogens (tertiary/aromatic N) is 2. The van der Waals surface area contributed by atoms with Crippen molar-refractivity contribution in [2.45, 2.75) is 32.7 Å². The lowest BCUT2D eigenvalue weighted by Gasteiger charge is -2.39. The number of benzene rings is 1. The van der Waals surface area contributed by atoms with E-state index in [1.54, 1.807) is 7.11 Å². The Morgan fingerprint density at radius 3 is 2.60 bits per heavy atom. The van der Waals surface area contributed by atoms with Crippen molar-refractivity contribution >= 4 is 5.91 Å². The third-order valence-electron chi connectivity index (χ3n) is 5.06. The molecule has 5 heteroatoms. The summed E-state index contributed by atoms with van der Waals surface area (Å²) in [6, 6.07) is 8.33. The van der Waals surface area contributed by atoms with Crippen LogP contribution < -0.4 is 10.1 Å². The highest BCUT2D eigenvalue weighted by Gasteiger charge is 2.25. The zero-order chi connectivity index (χ0) is 18.2. The van der Waals surface area contributed by atoms with Crippen LogP contribution in [0.1, 0.15) is 25.8 Å². The van der Waals surface area contributed by atoms with Crippen molar-refractivity contribution in [3.05, 3.63) is 29.8 Å². The summed E-state index contributed by atoms with van der Waals surface area (Å²) < 4.78 is 5.23. The first kappa shape index (κ1) is 19.7. The number of hydrogen-bond acceptors (Lipinski definition) is 4. The molecule has 0 aliphatic carbocycles. The van der Waals surface area contributed by atoms with Gasteiger partial charge in [0.25, 0.3) is 0 Å². The maximum atomic E-state index is 12.3. The van der Waals surface area contributed by atoms with Crippen LogP contribution in [-0.4, -0.2) is 68.6 Å². The molecule has 0 saturated carbocycles. The Hall–Kier alpha value is -1.59. The Bertz CT molecular complexity index is 539. The summed E-state index contributed by atoms with van der Waals surface area (Å²) in [5, 5.41) is 3.15. The van der Waals surface area contributed by atoms with Gasteiger partial charge in [0.05, 0.1) is 7.11 Å². The molecule has 0 bridgehead atoms. The fourth-order valence-electron chi connectivity index (χ4n) is 3.33. The van der Waals surface area contributed by atoms with Crippen molar-refractivity contribution in [1.29, 1.82) is 0 Å². The Morgan fingerprint density at radius 1 is 1.24 bits per heavy atom. The van der Waals surface area contributed by atoms with Crippen molar-refractivity contribution < 1.29 is 9.53 Å². The zero-order valence-electron chi connectivity index (χ0n) is 16.1. The van der Waals surface area contributed by atoms with E-state index in [1.165, 1.54) is 0 Å². The molecule has 1 aromatic carbocycles. The van der Waals surface area contributed by atoms with Gasteiger partial charge in [0.2, 0.25) is 5.91 Å². The van der Waals surface area contributed by atoms with Crippen molar-refractivity contribution in [2.75, 3.05) is 46.9 Å². The monoisotopic (exact) mass is 347 g/mol. The first-order chi connectivity index (χ1) is 12.0. The first-order valence-corrected chi connectivity index (χ1v) is 9.32. The molecule has 25 heavy (non-hydrogen) atoms. The van der Waals surface area contributed by atoms with Crippen LogP contribution in [0.15, 0.2) is 24.3 Å². The van der Waals surface area contributed by atoms with Crippen LogP contribution in [0.2, 0.25) is 0 Å². The fourth-order valence-corrected chi connectivity index (χ4v) is 3.33. The third kappa shape index (κ3) is 6.33. The average molecular weight is 348 g/mol. The number of methoxy groups -OCH3 is 1. The van der Waals surface area contributed by atoms with E-state index in [9.17, 15) is 4.79 Å². The van der Waals surface area contributed by atoms with Crippen LogP contribution in [0.3, 0.4) is 0 Å². The predicted octanol–water partition coefficient (Wildman–Crippen LogP) is 2.02. The van der Waals surface area contributed by atoms with Gasteiger partial charge in [-0.1, -0.05) is 26.0 Å². The number of likely N-dealkylation sites (N-methyl/N-ethyl adjacent to an activating group) is 1. The molecule has 1 amide bonds. The topological polar surface area (TPSA) is 44.8 Å². The van der Waals surface area contributed by atoms with E-state index in [4.69, 9.17) is 4.74 Å². The van der Waals surface area contributed by atoms with Gasteiger partial charge in [-0.3, -0.25) is 9.69 Å². The molecule has 1 unspecified atom stereocenters. The lowest BCUT2D eigenvalue weighted by molar-refractivity contribution is -0.121. The van der Waals surface area contributed by atoms with E-state index in [0.29, 0.717) is 18.4 Å². The normalized spacial score (nSPS) is 17.5. The molecule has 1 aliphatic rings. The van der Waals surface area contributed by atoms with Crippen molar-refractivity contribution in [3.8, 4) is 5.75 Å². The number of piperazine rings is 1. The van der Waals surface area contributed by atoms with Crippen molar-refractivity contribution in [2.24, 2.45) is 5.92 Å². The van der Waals surface area contributed by atoms with E-state index in [2.05, 4.69) is 36.0 Å². The molecule has 140 valence electrons. The fraction of sp³-hybridized carbons (Fsp3) is 0.650. The molecule has 0 radical (unpaired) electrons. The van der Waals surface area contributed by atoms with E-state index in [1.807, 2.05) is 24.3 Å². The molecule has 0 spiro atoms. The van der Waals surface area contributed by atoms with Crippen molar-refractivity contribution in [3.63, 3.8) is 0 Å². The predicted molar refractivity (Wildman–Crippen MR) is 102 cm³/mol. The van der Waals surface area contributed by atoms with Gasteiger partial charge in [-0.25, -0.2) is 0 Å². The lowest BCUT2D eigenvalue weighted by atomic mass is 10.0. The highest BCUT2D eigenvalue weighted by Crippen LogP contribution is 2.15. The second-order valence-corrected chi connectivity index (χ2v) is 7.31. The molecule has 1 fully saturated rings. The number of rotatable bonds is 8. The largest absolute Gasteiger partial charge is 0.497 e. The second-order valence-electron chi connectivity index (χ2n) is 7.31. The quantitative estimate of drug-likeness (QED) is 0.781. The molecule has 0 aromatic heterocycles. The molecular weight excluding hydrogens is 314 g/mol. The van der Waals surface area contributed by atoms with Crippen LogP contribution in [0.4, 0.5) is 0 Å². The summed E-state index contributed by atoms with van der Waals surface area (Å²) in [7, 11) is 3.83. The average Bonchev–Trinajstić information content (AvgIpc) is 2.61. The molecule has 5 nitrogen and oxygen atoms in total. The highest BCUT2D eigenvalue weighted by atomic mass is 16.5. The number of ether oxygens (including phenoxy) is 1. The van der Waals surface area contributed by atoms with Gasteiger partial charge in [-0.2, -0.15) is 0 Å². The highest BCUT2D eigenvalue weighted by molar-refractivity contribution is 5.76.